The Kier molecular flexibility index (Phi) is 7.02. The molecule has 0 fully saturated rings. The number of benzene rings is 2. The summed E-state index contributed by atoms with van der Waals surface area (Å²) in [6.45, 7) is 6.30. The maximum atomic E-state index is 12.9. The minimum atomic E-state index is -0.753. The van der Waals surface area contributed by atoms with Crippen molar-refractivity contribution in [1.29, 1.82) is 0 Å². The maximum Gasteiger partial charge on any atom is 0.266 e. The SMILES string of the molecule is CCOc1ccc(N2C(=O)c3ccc(C(=O)NCCSCC(C)(C)O)cc3C2=O)cc1. The molecule has 7 nitrogen and oxygen atoms in total. The second kappa shape index (κ2) is 9.53. The number of thioether (sulfide) groups is 1. The molecule has 164 valence electrons. The molecule has 0 aliphatic carbocycles. The van der Waals surface area contributed by atoms with Gasteiger partial charge in [-0.2, -0.15) is 11.8 Å². The van der Waals surface area contributed by atoms with Crippen molar-refractivity contribution >= 4 is 35.2 Å². The highest BCUT2D eigenvalue weighted by Crippen LogP contribution is 2.30. The number of anilines is 1. The molecule has 1 aliphatic rings. The number of imide groups is 1. The quantitative estimate of drug-likeness (QED) is 0.458. The van der Waals surface area contributed by atoms with Gasteiger partial charge < -0.3 is 15.2 Å². The predicted molar refractivity (Wildman–Crippen MR) is 121 cm³/mol. The zero-order valence-corrected chi connectivity index (χ0v) is 18.6. The normalized spacial score (nSPS) is 13.4. The number of fused-ring (bicyclic) bond motifs is 1. The molecule has 8 heteroatoms. The molecular formula is C23H26N2O5S. The van der Waals surface area contributed by atoms with Crippen LogP contribution in [0.2, 0.25) is 0 Å². The standard InChI is InChI=1S/C23H26N2O5S/c1-4-30-17-8-6-16(7-9-17)25-21(27)18-10-5-15(13-19(18)22(25)28)20(26)24-11-12-31-14-23(2,3)29/h5-10,13,29H,4,11-12,14H2,1-3H3,(H,24,26). The Balaban J connectivity index is 1.67. The van der Waals surface area contributed by atoms with Crippen molar-refractivity contribution in [3.05, 3.63) is 59.2 Å². The van der Waals surface area contributed by atoms with E-state index in [4.69, 9.17) is 4.74 Å². The number of carbonyl (C=O) groups is 3. The zero-order valence-electron chi connectivity index (χ0n) is 17.8. The van der Waals surface area contributed by atoms with Crippen LogP contribution >= 0.6 is 11.8 Å². The van der Waals surface area contributed by atoms with Gasteiger partial charge >= 0.3 is 0 Å². The molecule has 2 aromatic rings. The van der Waals surface area contributed by atoms with Gasteiger partial charge in [-0.25, -0.2) is 4.90 Å². The van der Waals surface area contributed by atoms with E-state index in [1.165, 1.54) is 12.1 Å². The first-order chi connectivity index (χ1) is 14.7. The van der Waals surface area contributed by atoms with E-state index in [0.29, 0.717) is 41.7 Å². The van der Waals surface area contributed by atoms with Crippen molar-refractivity contribution in [1.82, 2.24) is 5.32 Å². The molecule has 2 aromatic carbocycles. The van der Waals surface area contributed by atoms with Crippen molar-refractivity contribution in [3.8, 4) is 5.75 Å². The van der Waals surface area contributed by atoms with Crippen molar-refractivity contribution < 1.29 is 24.2 Å². The molecule has 1 heterocycles. The van der Waals surface area contributed by atoms with Crippen LogP contribution < -0.4 is 15.0 Å². The van der Waals surface area contributed by atoms with Gasteiger partial charge in [0.05, 0.1) is 29.0 Å². The number of carbonyl (C=O) groups excluding carboxylic acids is 3. The van der Waals surface area contributed by atoms with Crippen LogP contribution in [-0.4, -0.2) is 53.1 Å². The fourth-order valence-corrected chi connectivity index (χ4v) is 4.03. The van der Waals surface area contributed by atoms with E-state index in [9.17, 15) is 19.5 Å². The summed E-state index contributed by atoms with van der Waals surface area (Å²) in [5.74, 6) is 0.691. The summed E-state index contributed by atoms with van der Waals surface area (Å²) in [5.41, 5.74) is 0.501. The van der Waals surface area contributed by atoms with Crippen LogP contribution in [0.3, 0.4) is 0 Å². The van der Waals surface area contributed by atoms with E-state index in [2.05, 4.69) is 5.32 Å². The highest BCUT2D eigenvalue weighted by Gasteiger charge is 2.37. The molecule has 0 aromatic heterocycles. The Labute approximate surface area is 185 Å². The number of hydrogen-bond donors (Lipinski definition) is 2. The fourth-order valence-electron chi connectivity index (χ4n) is 3.14. The van der Waals surface area contributed by atoms with E-state index in [-0.39, 0.29) is 17.0 Å². The first kappa shape index (κ1) is 22.8. The molecule has 31 heavy (non-hydrogen) atoms. The summed E-state index contributed by atoms with van der Waals surface area (Å²) in [7, 11) is 0. The molecular weight excluding hydrogens is 416 g/mol. The van der Waals surface area contributed by atoms with E-state index >= 15 is 0 Å². The Morgan fingerprint density at radius 3 is 2.42 bits per heavy atom. The number of nitrogens with one attached hydrogen (secondary N) is 1. The third-order valence-electron chi connectivity index (χ3n) is 4.54. The molecule has 3 amide bonds. The van der Waals surface area contributed by atoms with Crippen LogP contribution in [-0.2, 0) is 0 Å². The van der Waals surface area contributed by atoms with Gasteiger partial charge in [0.2, 0.25) is 0 Å². The second-order valence-corrected chi connectivity index (χ2v) is 8.86. The Morgan fingerprint density at radius 1 is 1.10 bits per heavy atom. The summed E-state index contributed by atoms with van der Waals surface area (Å²) >= 11 is 1.54. The Bertz CT molecular complexity index is 982. The number of aliphatic hydroxyl groups is 1. The van der Waals surface area contributed by atoms with Crippen molar-refractivity contribution in [2.24, 2.45) is 0 Å². The van der Waals surface area contributed by atoms with E-state index < -0.39 is 17.4 Å². The van der Waals surface area contributed by atoms with Crippen molar-refractivity contribution in [3.63, 3.8) is 0 Å². The largest absolute Gasteiger partial charge is 0.494 e. The van der Waals surface area contributed by atoms with Crippen LogP contribution in [0, 0.1) is 0 Å². The van der Waals surface area contributed by atoms with E-state index in [1.807, 2.05) is 6.92 Å². The molecule has 0 saturated heterocycles. The molecule has 3 rings (SSSR count). The smallest absolute Gasteiger partial charge is 0.266 e. The average Bonchev–Trinajstić information content (AvgIpc) is 2.97. The number of hydrogen-bond acceptors (Lipinski definition) is 6. The zero-order chi connectivity index (χ0) is 22.6. The molecule has 2 N–H and O–H groups in total. The summed E-state index contributed by atoms with van der Waals surface area (Å²) in [5, 5.41) is 12.5. The topological polar surface area (TPSA) is 95.9 Å². The Morgan fingerprint density at radius 2 is 1.77 bits per heavy atom. The molecule has 0 bridgehead atoms. The average molecular weight is 443 g/mol. The molecule has 0 spiro atoms. The highest BCUT2D eigenvalue weighted by molar-refractivity contribution is 7.99. The van der Waals surface area contributed by atoms with Crippen LogP contribution in [0.4, 0.5) is 5.69 Å². The summed E-state index contributed by atoms with van der Waals surface area (Å²) in [6, 6.07) is 11.3. The minimum absolute atomic E-state index is 0.211. The molecule has 0 atom stereocenters. The predicted octanol–water partition coefficient (Wildman–Crippen LogP) is 3.12. The molecule has 0 radical (unpaired) electrons. The van der Waals surface area contributed by atoms with E-state index in [1.54, 1.807) is 55.9 Å². The van der Waals surface area contributed by atoms with E-state index in [0.717, 1.165) is 4.90 Å². The first-order valence-electron chi connectivity index (χ1n) is 10.1. The maximum absolute atomic E-state index is 12.9. The lowest BCUT2D eigenvalue weighted by Crippen LogP contribution is -2.29. The van der Waals surface area contributed by atoms with Gasteiger partial charge in [-0.05, 0) is 63.2 Å². The van der Waals surface area contributed by atoms with Crippen LogP contribution in [0.1, 0.15) is 51.8 Å². The van der Waals surface area contributed by atoms with Crippen LogP contribution in [0.15, 0.2) is 42.5 Å². The van der Waals surface area contributed by atoms with Crippen LogP contribution in [0.5, 0.6) is 5.75 Å². The fraction of sp³-hybridized carbons (Fsp3) is 0.348. The highest BCUT2D eigenvalue weighted by atomic mass is 32.2. The number of amides is 3. The second-order valence-electron chi connectivity index (χ2n) is 7.75. The van der Waals surface area contributed by atoms with Gasteiger partial charge in [0.15, 0.2) is 0 Å². The van der Waals surface area contributed by atoms with Gasteiger partial charge in [-0.3, -0.25) is 14.4 Å². The molecule has 0 saturated carbocycles. The lowest BCUT2D eigenvalue weighted by atomic mass is 10.1. The lowest BCUT2D eigenvalue weighted by Gasteiger charge is -2.16. The minimum Gasteiger partial charge on any atom is -0.494 e. The number of ether oxygens (including phenoxy) is 1. The third kappa shape index (κ3) is 5.45. The summed E-state index contributed by atoms with van der Waals surface area (Å²) < 4.78 is 5.40. The number of nitrogens with zero attached hydrogens (tertiary/aromatic N) is 1. The van der Waals surface area contributed by atoms with Gasteiger partial charge in [-0.15, -0.1) is 0 Å². The van der Waals surface area contributed by atoms with Gasteiger partial charge in [-0.1, -0.05) is 0 Å². The van der Waals surface area contributed by atoms with Crippen molar-refractivity contribution in [2.75, 3.05) is 29.6 Å². The first-order valence-corrected chi connectivity index (χ1v) is 11.2. The molecule has 1 aliphatic heterocycles. The monoisotopic (exact) mass is 442 g/mol. The van der Waals surface area contributed by atoms with Gasteiger partial charge in [0, 0.05) is 23.6 Å². The third-order valence-corrected chi connectivity index (χ3v) is 5.95. The van der Waals surface area contributed by atoms with Crippen molar-refractivity contribution in [2.45, 2.75) is 26.4 Å². The molecule has 0 unspecified atom stereocenters. The summed E-state index contributed by atoms with van der Waals surface area (Å²) in [6.07, 6.45) is 0. The Hall–Kier alpha value is -2.84. The van der Waals surface area contributed by atoms with Gasteiger partial charge in [0.25, 0.3) is 17.7 Å². The summed E-state index contributed by atoms with van der Waals surface area (Å²) in [4.78, 5) is 39.2. The van der Waals surface area contributed by atoms with Gasteiger partial charge in [0.1, 0.15) is 5.75 Å². The van der Waals surface area contributed by atoms with Crippen LogP contribution in [0.25, 0.3) is 0 Å². The number of rotatable bonds is 9. The lowest BCUT2D eigenvalue weighted by molar-refractivity contribution is 0.0923.